The van der Waals surface area contributed by atoms with E-state index in [0.29, 0.717) is 34.1 Å². The number of oxazole rings is 1. The zero-order chi connectivity index (χ0) is 17.8. The number of para-hydroxylation sites is 2. The maximum atomic E-state index is 12.0. The highest BCUT2D eigenvalue weighted by Gasteiger charge is 2.10. The highest BCUT2D eigenvalue weighted by molar-refractivity contribution is 6.34. The summed E-state index contributed by atoms with van der Waals surface area (Å²) in [5.74, 6) is -0.590. The lowest BCUT2D eigenvalue weighted by Gasteiger charge is -2.07. The highest BCUT2D eigenvalue weighted by Crippen LogP contribution is 2.19. The molecule has 1 aromatic heterocycles. The summed E-state index contributed by atoms with van der Waals surface area (Å²) in [5.41, 5.74) is 2.16. The number of fused-ring (bicyclic) bond motifs is 1. The minimum absolute atomic E-state index is 0.134. The molecule has 3 aromatic rings. The van der Waals surface area contributed by atoms with Crippen molar-refractivity contribution in [3.63, 3.8) is 0 Å². The molecule has 0 fully saturated rings. The van der Waals surface area contributed by atoms with Crippen LogP contribution in [0.2, 0.25) is 10.0 Å². The summed E-state index contributed by atoms with van der Waals surface area (Å²) < 4.78 is 6.61. The Bertz CT molecular complexity index is 942. The van der Waals surface area contributed by atoms with Crippen LogP contribution in [0.3, 0.4) is 0 Å². The third kappa shape index (κ3) is 4.44. The number of nitrogens with zero attached hydrogens (tertiary/aromatic N) is 1. The number of nitrogens with one attached hydrogen (secondary N) is 1. The molecule has 5 nitrogen and oxygen atoms in total. The second kappa shape index (κ2) is 7.76. The molecule has 0 aliphatic carbocycles. The predicted molar refractivity (Wildman–Crippen MR) is 98.3 cm³/mol. The molecule has 0 saturated carbocycles. The molecule has 130 valence electrons. The Hall–Kier alpha value is -2.24. The third-order valence-electron chi connectivity index (χ3n) is 3.79. The molecule has 0 spiro atoms. The van der Waals surface area contributed by atoms with E-state index in [1.807, 2.05) is 18.2 Å². The van der Waals surface area contributed by atoms with E-state index in [2.05, 4.69) is 5.32 Å². The standard InChI is InChI=1S/C18H16Cl2N2O3/c19-13-9-12(10-14(20)11-13)5-7-21-17(23)6-8-22-15-3-1-2-4-16(15)25-18(22)24/h1-4,9-11H,5-8H2,(H,21,23). The van der Waals surface area contributed by atoms with Gasteiger partial charge in [0.25, 0.3) is 0 Å². The van der Waals surface area contributed by atoms with Crippen LogP contribution in [-0.4, -0.2) is 17.0 Å². The number of rotatable bonds is 6. The molecule has 0 radical (unpaired) electrons. The molecule has 7 heteroatoms. The summed E-state index contributed by atoms with van der Waals surface area (Å²) in [6.45, 7) is 0.737. The normalized spacial score (nSPS) is 11.0. The first-order valence-corrected chi connectivity index (χ1v) is 8.58. The number of aromatic nitrogens is 1. The van der Waals surface area contributed by atoms with Crippen molar-refractivity contribution in [2.45, 2.75) is 19.4 Å². The third-order valence-corrected chi connectivity index (χ3v) is 4.23. The van der Waals surface area contributed by atoms with Gasteiger partial charge in [0.05, 0.1) is 5.52 Å². The Morgan fingerprint density at radius 2 is 1.84 bits per heavy atom. The zero-order valence-corrected chi connectivity index (χ0v) is 14.8. The van der Waals surface area contributed by atoms with E-state index in [-0.39, 0.29) is 18.9 Å². The minimum atomic E-state index is -0.456. The van der Waals surface area contributed by atoms with Crippen LogP contribution in [-0.2, 0) is 17.8 Å². The molecule has 0 aliphatic heterocycles. The van der Waals surface area contributed by atoms with E-state index in [0.717, 1.165) is 5.56 Å². The Kier molecular flexibility index (Phi) is 5.46. The molecular formula is C18H16Cl2N2O3. The van der Waals surface area contributed by atoms with Crippen molar-refractivity contribution < 1.29 is 9.21 Å². The quantitative estimate of drug-likeness (QED) is 0.711. The van der Waals surface area contributed by atoms with Crippen LogP contribution < -0.4 is 11.1 Å². The van der Waals surface area contributed by atoms with Gasteiger partial charge in [-0.25, -0.2) is 4.79 Å². The summed E-state index contributed by atoms with van der Waals surface area (Å²) in [6, 6.07) is 12.4. The molecule has 0 bridgehead atoms. The summed E-state index contributed by atoms with van der Waals surface area (Å²) in [6.07, 6.45) is 0.820. The van der Waals surface area contributed by atoms with E-state index < -0.39 is 5.76 Å². The van der Waals surface area contributed by atoms with Crippen LogP contribution in [0, 0.1) is 0 Å². The van der Waals surface area contributed by atoms with E-state index in [1.165, 1.54) is 4.57 Å². The Morgan fingerprint density at radius 3 is 2.60 bits per heavy atom. The van der Waals surface area contributed by atoms with E-state index in [1.54, 1.807) is 24.3 Å². The molecule has 1 amide bonds. The van der Waals surface area contributed by atoms with Gasteiger partial charge in [-0.1, -0.05) is 35.3 Å². The smallest absolute Gasteiger partial charge is 0.408 e. The average molecular weight is 379 g/mol. The van der Waals surface area contributed by atoms with Gasteiger partial charge < -0.3 is 9.73 Å². The molecule has 1 N–H and O–H groups in total. The van der Waals surface area contributed by atoms with E-state index >= 15 is 0 Å². The first-order chi connectivity index (χ1) is 12.0. The molecule has 0 aliphatic rings. The van der Waals surface area contributed by atoms with Crippen LogP contribution in [0.4, 0.5) is 0 Å². The number of halogens is 2. The molecule has 0 saturated heterocycles. The van der Waals surface area contributed by atoms with Gasteiger partial charge in [0.2, 0.25) is 5.91 Å². The number of hydrogen-bond acceptors (Lipinski definition) is 3. The topological polar surface area (TPSA) is 64.2 Å². The predicted octanol–water partition coefficient (Wildman–Crippen LogP) is 3.65. The largest absolute Gasteiger partial charge is 0.419 e. The fourth-order valence-electron chi connectivity index (χ4n) is 2.63. The van der Waals surface area contributed by atoms with Crippen molar-refractivity contribution in [3.8, 4) is 0 Å². The first kappa shape index (κ1) is 17.6. The molecule has 25 heavy (non-hydrogen) atoms. The maximum Gasteiger partial charge on any atom is 0.419 e. The second-order valence-electron chi connectivity index (χ2n) is 5.61. The number of amides is 1. The fourth-order valence-corrected chi connectivity index (χ4v) is 3.20. The lowest BCUT2D eigenvalue weighted by Crippen LogP contribution is -2.27. The summed E-state index contributed by atoms with van der Waals surface area (Å²) >= 11 is 11.9. The van der Waals surface area contributed by atoms with Crippen LogP contribution in [0.5, 0.6) is 0 Å². The number of aryl methyl sites for hydroxylation is 1. The summed E-state index contributed by atoms with van der Waals surface area (Å²) in [7, 11) is 0. The minimum Gasteiger partial charge on any atom is -0.408 e. The van der Waals surface area contributed by atoms with E-state index in [9.17, 15) is 9.59 Å². The monoisotopic (exact) mass is 378 g/mol. The lowest BCUT2D eigenvalue weighted by molar-refractivity contribution is -0.121. The van der Waals surface area contributed by atoms with Gasteiger partial charge in [-0.2, -0.15) is 0 Å². The number of carbonyl (C=O) groups is 1. The molecular weight excluding hydrogens is 363 g/mol. The van der Waals surface area contributed by atoms with Gasteiger partial charge in [-0.15, -0.1) is 0 Å². The number of benzene rings is 2. The first-order valence-electron chi connectivity index (χ1n) is 7.83. The van der Waals surface area contributed by atoms with Gasteiger partial charge in [-0.05, 0) is 42.3 Å². The number of hydrogen-bond donors (Lipinski definition) is 1. The van der Waals surface area contributed by atoms with Gasteiger partial charge in [0.1, 0.15) is 0 Å². The molecule has 0 atom stereocenters. The van der Waals surface area contributed by atoms with Gasteiger partial charge in [-0.3, -0.25) is 9.36 Å². The number of carbonyl (C=O) groups excluding carboxylic acids is 1. The van der Waals surface area contributed by atoms with Crippen molar-refractivity contribution in [1.82, 2.24) is 9.88 Å². The fraction of sp³-hybridized carbons (Fsp3) is 0.222. The van der Waals surface area contributed by atoms with Gasteiger partial charge in [0, 0.05) is 29.6 Å². The molecule has 0 unspecified atom stereocenters. The second-order valence-corrected chi connectivity index (χ2v) is 6.49. The van der Waals surface area contributed by atoms with Crippen molar-refractivity contribution in [3.05, 3.63) is 68.6 Å². The van der Waals surface area contributed by atoms with Crippen molar-refractivity contribution in [2.24, 2.45) is 0 Å². The summed E-state index contributed by atoms with van der Waals surface area (Å²) in [4.78, 5) is 23.9. The Balaban J connectivity index is 1.53. The van der Waals surface area contributed by atoms with Crippen molar-refractivity contribution >= 4 is 40.2 Å². The van der Waals surface area contributed by atoms with Crippen LogP contribution >= 0.6 is 23.2 Å². The lowest BCUT2D eigenvalue weighted by atomic mass is 10.1. The van der Waals surface area contributed by atoms with Crippen LogP contribution in [0.15, 0.2) is 51.7 Å². The molecule has 1 heterocycles. The van der Waals surface area contributed by atoms with Crippen molar-refractivity contribution in [1.29, 1.82) is 0 Å². The molecule has 2 aromatic carbocycles. The highest BCUT2D eigenvalue weighted by atomic mass is 35.5. The van der Waals surface area contributed by atoms with Crippen LogP contribution in [0.25, 0.3) is 11.1 Å². The van der Waals surface area contributed by atoms with Crippen molar-refractivity contribution in [2.75, 3.05) is 6.54 Å². The molecule has 3 rings (SSSR count). The van der Waals surface area contributed by atoms with E-state index in [4.69, 9.17) is 27.6 Å². The Morgan fingerprint density at radius 1 is 1.12 bits per heavy atom. The maximum absolute atomic E-state index is 12.0. The van der Waals surface area contributed by atoms with Crippen LogP contribution in [0.1, 0.15) is 12.0 Å². The average Bonchev–Trinajstić information content (AvgIpc) is 2.87. The zero-order valence-electron chi connectivity index (χ0n) is 13.3. The Labute approximate surface area is 154 Å². The van der Waals surface area contributed by atoms with Gasteiger partial charge >= 0.3 is 5.76 Å². The summed E-state index contributed by atoms with van der Waals surface area (Å²) in [5, 5.41) is 3.97. The SMILES string of the molecule is O=C(CCn1c(=O)oc2ccccc21)NCCc1cc(Cl)cc(Cl)c1. The van der Waals surface area contributed by atoms with Gasteiger partial charge in [0.15, 0.2) is 5.58 Å².